The molecule has 4 rings (SSSR count). The third-order valence-corrected chi connectivity index (χ3v) is 15.1. The van der Waals surface area contributed by atoms with Crippen LogP contribution in [-0.4, -0.2) is 185 Å². The van der Waals surface area contributed by atoms with E-state index in [4.69, 9.17) is 28.4 Å². The van der Waals surface area contributed by atoms with Crippen molar-refractivity contribution in [3.05, 3.63) is 30.3 Å². The van der Waals surface area contributed by atoms with E-state index in [1.807, 2.05) is 63.1 Å². The van der Waals surface area contributed by atoms with E-state index < -0.39 is 108 Å². The second-order valence-corrected chi connectivity index (χ2v) is 20.5. The van der Waals surface area contributed by atoms with Crippen molar-refractivity contribution in [3.8, 4) is 0 Å². The summed E-state index contributed by atoms with van der Waals surface area (Å²) in [6, 6.07) is 7.48. The maximum Gasteiger partial charge on any atom is 0.324 e. The number of para-hydroxylation sites is 1. The van der Waals surface area contributed by atoms with Gasteiger partial charge in [0.1, 0.15) is 35.1 Å². The molecule has 6 N–H and O–H groups in total. The zero-order chi connectivity index (χ0) is 49.7. The summed E-state index contributed by atoms with van der Waals surface area (Å²) in [5.74, 6) is -2.95. The van der Waals surface area contributed by atoms with Gasteiger partial charge >= 0.3 is 12.0 Å². The molecule has 17 nitrogen and oxygen atoms in total. The molecule has 0 aliphatic carbocycles. The molecule has 3 saturated heterocycles. The minimum absolute atomic E-state index is 0.0478. The van der Waals surface area contributed by atoms with Gasteiger partial charge in [0, 0.05) is 58.4 Å². The normalized spacial score (nSPS) is 42.5. The van der Waals surface area contributed by atoms with Gasteiger partial charge in [0.2, 0.25) is 0 Å². The topological polar surface area (TPSA) is 212 Å². The van der Waals surface area contributed by atoms with Gasteiger partial charge < -0.3 is 69.1 Å². The molecule has 380 valence electrons. The SMILES string of the molecule is CCCNC[C@]1(O)[C@H](C)O[C@@H](O[C@H]2[C@H](C)[C@@H](O[C@@H]3O[C@H](C)C[C@H](N(C)C(=O)N(C)c4ccccc4)[C@H]3O)[C@](C)(O)C[C@@H](C)CN(C)[C@H](C)[C@@H](O)[C@](C)(O)[C@@H](CC)OC(=O)[C@@H]2C)C[C@@]1(C)OC. The Kier molecular flexibility index (Phi) is 19.5. The Hall–Kier alpha value is -2.52. The lowest BCUT2D eigenvalue weighted by molar-refractivity contribution is -0.336. The highest BCUT2D eigenvalue weighted by Crippen LogP contribution is 2.43. The van der Waals surface area contributed by atoms with Crippen LogP contribution in [0.3, 0.4) is 0 Å². The average Bonchev–Trinajstić information content (AvgIpc) is 3.27. The number of hydrogen-bond donors (Lipinski definition) is 6. The molecule has 17 heteroatoms. The minimum atomic E-state index is -1.86. The number of ether oxygens (including phenoxy) is 6. The number of carbonyl (C=O) groups excluding carboxylic acids is 2. The lowest BCUT2D eigenvalue weighted by atomic mass is 9.75. The fourth-order valence-corrected chi connectivity index (χ4v) is 10.6. The summed E-state index contributed by atoms with van der Waals surface area (Å²) >= 11 is 0. The number of rotatable bonds is 12. The van der Waals surface area contributed by atoms with Crippen molar-refractivity contribution in [2.24, 2.45) is 17.8 Å². The highest BCUT2D eigenvalue weighted by atomic mass is 16.7. The van der Waals surface area contributed by atoms with Crippen molar-refractivity contribution >= 4 is 17.7 Å². The fraction of sp³-hybridized carbons (Fsp3) is 0.837. The minimum Gasteiger partial charge on any atom is -0.459 e. The number of carbonyl (C=O) groups is 2. The summed E-state index contributed by atoms with van der Waals surface area (Å²) in [6.07, 6.45) is -8.33. The van der Waals surface area contributed by atoms with E-state index in [0.717, 1.165) is 6.42 Å². The highest BCUT2D eigenvalue weighted by Gasteiger charge is 2.58. The van der Waals surface area contributed by atoms with Gasteiger partial charge in [-0.1, -0.05) is 45.9 Å². The molecule has 3 fully saturated rings. The van der Waals surface area contributed by atoms with Crippen LogP contribution in [0.2, 0.25) is 0 Å². The molecular formula is C49H86N4O13. The fourth-order valence-electron chi connectivity index (χ4n) is 10.6. The Bertz CT molecular complexity index is 1690. The summed E-state index contributed by atoms with van der Waals surface area (Å²) in [5.41, 5.74) is -5.53. The quantitative estimate of drug-likeness (QED) is 0.130. The molecule has 66 heavy (non-hydrogen) atoms. The molecule has 1 aromatic carbocycles. The number of nitrogens with one attached hydrogen (secondary N) is 1. The number of urea groups is 1. The molecule has 0 saturated carbocycles. The predicted molar refractivity (Wildman–Crippen MR) is 251 cm³/mol. The Balaban J connectivity index is 1.82. The molecule has 0 aromatic heterocycles. The molecule has 0 spiro atoms. The van der Waals surface area contributed by atoms with Crippen molar-refractivity contribution in [1.82, 2.24) is 15.1 Å². The number of aliphatic hydroxyl groups excluding tert-OH is 2. The predicted octanol–water partition coefficient (Wildman–Crippen LogP) is 3.90. The van der Waals surface area contributed by atoms with Gasteiger partial charge in [0.25, 0.3) is 0 Å². The Morgan fingerprint density at radius 3 is 2.18 bits per heavy atom. The van der Waals surface area contributed by atoms with Crippen molar-refractivity contribution in [3.63, 3.8) is 0 Å². The van der Waals surface area contributed by atoms with Crippen LogP contribution in [0.25, 0.3) is 0 Å². The number of cyclic esters (lactones) is 1. The Morgan fingerprint density at radius 1 is 0.955 bits per heavy atom. The van der Waals surface area contributed by atoms with E-state index in [1.54, 1.807) is 62.6 Å². The van der Waals surface area contributed by atoms with E-state index in [1.165, 1.54) is 23.8 Å². The molecule has 3 heterocycles. The number of anilines is 1. The number of hydrogen-bond acceptors (Lipinski definition) is 15. The first-order valence-electron chi connectivity index (χ1n) is 24.1. The van der Waals surface area contributed by atoms with E-state index >= 15 is 0 Å². The van der Waals surface area contributed by atoms with E-state index in [9.17, 15) is 35.1 Å². The molecule has 2 amide bonds. The second kappa shape index (κ2) is 22.9. The summed E-state index contributed by atoms with van der Waals surface area (Å²) < 4.78 is 38.8. The number of esters is 1. The van der Waals surface area contributed by atoms with Crippen molar-refractivity contribution in [2.75, 3.05) is 52.8 Å². The number of amides is 2. The van der Waals surface area contributed by atoms with Crippen LogP contribution in [0, 0.1) is 17.8 Å². The van der Waals surface area contributed by atoms with Crippen LogP contribution in [-0.2, 0) is 33.2 Å². The van der Waals surface area contributed by atoms with Gasteiger partial charge in [-0.2, -0.15) is 0 Å². The van der Waals surface area contributed by atoms with E-state index in [-0.39, 0.29) is 37.8 Å². The molecule has 18 atom stereocenters. The smallest absolute Gasteiger partial charge is 0.324 e. The molecule has 0 unspecified atom stereocenters. The Labute approximate surface area is 394 Å². The third kappa shape index (κ3) is 12.3. The van der Waals surface area contributed by atoms with Gasteiger partial charge in [-0.15, -0.1) is 0 Å². The number of benzene rings is 1. The maximum atomic E-state index is 14.6. The third-order valence-electron chi connectivity index (χ3n) is 15.1. The van der Waals surface area contributed by atoms with Crippen LogP contribution < -0.4 is 10.2 Å². The number of likely N-dealkylation sites (N-methyl/N-ethyl adjacent to an activating group) is 2. The second-order valence-electron chi connectivity index (χ2n) is 20.5. The summed E-state index contributed by atoms with van der Waals surface area (Å²) in [6.45, 7) is 20.7. The Morgan fingerprint density at radius 2 is 1.59 bits per heavy atom. The molecule has 3 aliphatic heterocycles. The lowest BCUT2D eigenvalue weighted by Gasteiger charge is -2.53. The summed E-state index contributed by atoms with van der Waals surface area (Å²) in [5, 5.41) is 64.0. The highest BCUT2D eigenvalue weighted by molar-refractivity contribution is 5.91. The molecule has 0 bridgehead atoms. The summed E-state index contributed by atoms with van der Waals surface area (Å²) in [4.78, 5) is 33.4. The van der Waals surface area contributed by atoms with Crippen LogP contribution in [0.5, 0.6) is 0 Å². The maximum absolute atomic E-state index is 14.6. The largest absolute Gasteiger partial charge is 0.459 e. The van der Waals surface area contributed by atoms with Crippen LogP contribution in [0.15, 0.2) is 30.3 Å². The van der Waals surface area contributed by atoms with Crippen LogP contribution in [0.4, 0.5) is 10.5 Å². The van der Waals surface area contributed by atoms with Crippen molar-refractivity contribution in [2.45, 2.75) is 198 Å². The molecule has 0 radical (unpaired) electrons. The number of aliphatic hydroxyl groups is 5. The average molecular weight is 939 g/mol. The van der Waals surface area contributed by atoms with Gasteiger partial charge in [-0.3, -0.25) is 9.69 Å². The van der Waals surface area contributed by atoms with E-state index in [2.05, 4.69) is 5.32 Å². The van der Waals surface area contributed by atoms with Gasteiger partial charge in [0.05, 0.1) is 42.0 Å². The van der Waals surface area contributed by atoms with Crippen molar-refractivity contribution in [1.29, 1.82) is 0 Å². The van der Waals surface area contributed by atoms with Gasteiger partial charge in [-0.25, -0.2) is 4.79 Å². The van der Waals surface area contributed by atoms with Gasteiger partial charge in [0.15, 0.2) is 12.6 Å². The van der Waals surface area contributed by atoms with E-state index in [0.29, 0.717) is 25.2 Å². The van der Waals surface area contributed by atoms with Crippen molar-refractivity contribution < 1.29 is 63.5 Å². The zero-order valence-corrected chi connectivity index (χ0v) is 42.5. The zero-order valence-electron chi connectivity index (χ0n) is 42.5. The standard InChI is InChI=1S/C49H86N4O13/c1-16-23-50-28-49(60)34(8)63-38(26-47(49,10)61-15)65-40-31(5)42(66-44-39(54)36(24-30(4)62-44)53(14)45(57)52(13)35-21-19-18-20-22-35)46(9,58)25-29(3)27-51(12)33(7)41(55)48(11,59)37(17-2)64-43(56)32(40)6/h18-22,29-34,36-42,44,50,54-55,58-60H,16-17,23-28H2,1-15H3/t29-,30-,31+,32-,33-,34+,36+,37-,38+,39-,40+,41-,42-,44+,46-,47-,48-,49+/m1/s1. The molecular weight excluding hydrogens is 853 g/mol. The summed E-state index contributed by atoms with van der Waals surface area (Å²) in [7, 11) is 6.64. The monoisotopic (exact) mass is 939 g/mol. The number of nitrogens with zero attached hydrogens (tertiary/aromatic N) is 3. The molecule has 1 aromatic rings. The van der Waals surface area contributed by atoms with Crippen LogP contribution >= 0.6 is 0 Å². The van der Waals surface area contributed by atoms with Gasteiger partial charge in [-0.05, 0) is 106 Å². The van der Waals surface area contributed by atoms with Crippen LogP contribution in [0.1, 0.15) is 108 Å². The lowest BCUT2D eigenvalue weighted by Crippen LogP contribution is -2.70. The first-order valence-corrected chi connectivity index (χ1v) is 24.1. The number of methoxy groups -OCH3 is 1. The first-order chi connectivity index (χ1) is 30.7. The first kappa shape index (κ1) is 56.1. The molecule has 3 aliphatic rings.